The molecule has 0 bridgehead atoms. The predicted molar refractivity (Wildman–Crippen MR) is 110 cm³/mol. The summed E-state index contributed by atoms with van der Waals surface area (Å²) in [5.41, 5.74) is 5.02. The first kappa shape index (κ1) is 18.9. The summed E-state index contributed by atoms with van der Waals surface area (Å²) in [5.74, 6) is -1.64. The maximum Gasteiger partial charge on any atom is 0.166 e. The van der Waals surface area contributed by atoms with E-state index >= 15 is 0 Å². The highest BCUT2D eigenvalue weighted by Gasteiger charge is 2.20. The van der Waals surface area contributed by atoms with Crippen molar-refractivity contribution in [3.8, 4) is 39.1 Å². The third-order valence-corrected chi connectivity index (χ3v) is 4.95. The van der Waals surface area contributed by atoms with Crippen molar-refractivity contribution in [1.29, 1.82) is 0 Å². The molecule has 1 aromatic heterocycles. The molecule has 0 saturated carbocycles. The zero-order chi connectivity index (χ0) is 20.4. The molecule has 146 valence electrons. The number of aromatic amines is 1. The fourth-order valence-electron chi connectivity index (χ4n) is 3.62. The van der Waals surface area contributed by atoms with Gasteiger partial charge < -0.3 is 5.11 Å². The molecule has 0 atom stereocenters. The lowest BCUT2D eigenvalue weighted by Gasteiger charge is -2.18. The molecule has 0 aliphatic carbocycles. The molecule has 0 saturated heterocycles. The van der Waals surface area contributed by atoms with Gasteiger partial charge in [-0.3, -0.25) is 5.10 Å². The van der Waals surface area contributed by atoms with Gasteiger partial charge in [0.25, 0.3) is 0 Å². The van der Waals surface area contributed by atoms with Crippen LogP contribution in [0.25, 0.3) is 33.4 Å². The highest BCUT2D eigenvalue weighted by molar-refractivity contribution is 5.95. The van der Waals surface area contributed by atoms with E-state index in [1.165, 1.54) is 6.07 Å². The number of aromatic nitrogens is 2. The summed E-state index contributed by atoms with van der Waals surface area (Å²) < 4.78 is 29.0. The van der Waals surface area contributed by atoms with Crippen molar-refractivity contribution in [2.75, 3.05) is 0 Å². The minimum absolute atomic E-state index is 0.145. The lowest BCUT2D eigenvalue weighted by Crippen LogP contribution is -1.97. The maximum absolute atomic E-state index is 14.9. The molecular weight excluding hydrogens is 370 g/mol. The number of hydrogen-bond donors (Lipinski definition) is 2. The number of nitrogens with one attached hydrogen (secondary N) is 1. The van der Waals surface area contributed by atoms with E-state index in [1.54, 1.807) is 42.7 Å². The Bertz CT molecular complexity index is 1140. The number of phenolic OH excluding ortho intramolecular Hbond substituents is 1. The number of aryl methyl sites for hydroxylation is 1. The second-order valence-corrected chi connectivity index (χ2v) is 6.95. The van der Waals surface area contributed by atoms with Crippen molar-refractivity contribution < 1.29 is 13.9 Å². The molecule has 5 heteroatoms. The standard InChI is InChI=1S/C24H20F2N2O/c1-2-4-15-11-20(16-7-9-18(29)10-8-16)23(19-5-3-6-22(25)24(19)26)21(12-15)17-13-27-28-14-17/h3,5-14,29H,2,4H2,1H3,(H,27,28). The van der Waals surface area contributed by atoms with Crippen LogP contribution in [0.3, 0.4) is 0 Å². The number of phenols is 1. The second-order valence-electron chi connectivity index (χ2n) is 6.95. The quantitative estimate of drug-likeness (QED) is 0.417. The molecule has 0 amide bonds. The van der Waals surface area contributed by atoms with Gasteiger partial charge in [0.15, 0.2) is 11.6 Å². The molecule has 4 rings (SSSR count). The van der Waals surface area contributed by atoms with E-state index in [9.17, 15) is 13.9 Å². The van der Waals surface area contributed by atoms with Gasteiger partial charge in [0.1, 0.15) is 5.75 Å². The van der Waals surface area contributed by atoms with Gasteiger partial charge in [0.2, 0.25) is 0 Å². The van der Waals surface area contributed by atoms with Crippen molar-refractivity contribution in [1.82, 2.24) is 10.2 Å². The Morgan fingerprint density at radius 1 is 0.931 bits per heavy atom. The second kappa shape index (κ2) is 7.87. The molecule has 0 unspecified atom stereocenters. The number of H-pyrrole nitrogens is 1. The normalized spacial score (nSPS) is 11.0. The van der Waals surface area contributed by atoms with Crippen molar-refractivity contribution >= 4 is 0 Å². The molecule has 0 spiro atoms. The molecule has 29 heavy (non-hydrogen) atoms. The van der Waals surface area contributed by atoms with Crippen LogP contribution in [0.2, 0.25) is 0 Å². The summed E-state index contributed by atoms with van der Waals surface area (Å²) in [6.45, 7) is 2.10. The maximum atomic E-state index is 14.9. The highest BCUT2D eigenvalue weighted by atomic mass is 19.2. The molecule has 3 aromatic carbocycles. The van der Waals surface area contributed by atoms with Gasteiger partial charge in [-0.15, -0.1) is 0 Å². The topological polar surface area (TPSA) is 48.9 Å². The number of halogens is 2. The van der Waals surface area contributed by atoms with Gasteiger partial charge in [-0.2, -0.15) is 5.10 Å². The third-order valence-electron chi connectivity index (χ3n) is 4.95. The Labute approximate surface area is 167 Å². The largest absolute Gasteiger partial charge is 0.508 e. The van der Waals surface area contributed by atoms with Crippen molar-refractivity contribution in [2.24, 2.45) is 0 Å². The van der Waals surface area contributed by atoms with Crippen molar-refractivity contribution in [3.63, 3.8) is 0 Å². The van der Waals surface area contributed by atoms with Gasteiger partial charge in [-0.1, -0.05) is 49.7 Å². The molecule has 0 radical (unpaired) electrons. The van der Waals surface area contributed by atoms with Gasteiger partial charge >= 0.3 is 0 Å². The number of benzene rings is 3. The molecule has 2 N–H and O–H groups in total. The van der Waals surface area contributed by atoms with Crippen LogP contribution in [0, 0.1) is 11.6 Å². The third kappa shape index (κ3) is 3.63. The van der Waals surface area contributed by atoms with Gasteiger partial charge in [-0.25, -0.2) is 8.78 Å². The van der Waals surface area contributed by atoms with Crippen LogP contribution < -0.4 is 0 Å². The summed E-state index contributed by atoms with van der Waals surface area (Å²) in [6, 6.07) is 15.0. The van der Waals surface area contributed by atoms with Crippen LogP contribution in [0.1, 0.15) is 18.9 Å². The van der Waals surface area contributed by atoms with Gasteiger partial charge in [0, 0.05) is 22.9 Å². The number of aromatic hydroxyl groups is 1. The average Bonchev–Trinajstić information content (AvgIpc) is 3.25. The lowest BCUT2D eigenvalue weighted by molar-refractivity contribution is 0.475. The summed E-state index contributed by atoms with van der Waals surface area (Å²) in [4.78, 5) is 0. The van der Waals surface area contributed by atoms with E-state index in [0.29, 0.717) is 5.56 Å². The van der Waals surface area contributed by atoms with Crippen LogP contribution in [0.15, 0.2) is 67.0 Å². The molecular formula is C24H20F2N2O. The number of hydrogen-bond acceptors (Lipinski definition) is 2. The Balaban J connectivity index is 2.09. The first-order chi connectivity index (χ1) is 14.1. The zero-order valence-corrected chi connectivity index (χ0v) is 15.9. The summed E-state index contributed by atoms with van der Waals surface area (Å²) in [5, 5.41) is 16.5. The smallest absolute Gasteiger partial charge is 0.166 e. The fraction of sp³-hybridized carbons (Fsp3) is 0.125. The number of nitrogens with zero attached hydrogens (tertiary/aromatic N) is 1. The van der Waals surface area contributed by atoms with E-state index in [-0.39, 0.29) is 11.3 Å². The monoisotopic (exact) mass is 390 g/mol. The van der Waals surface area contributed by atoms with Crippen LogP contribution in [-0.2, 0) is 6.42 Å². The fourth-order valence-corrected chi connectivity index (χ4v) is 3.62. The van der Waals surface area contributed by atoms with Crippen LogP contribution in [0.4, 0.5) is 8.78 Å². The Morgan fingerprint density at radius 2 is 1.66 bits per heavy atom. The first-order valence-electron chi connectivity index (χ1n) is 9.48. The molecule has 3 nitrogen and oxygen atoms in total. The SMILES string of the molecule is CCCc1cc(-c2ccc(O)cc2)c(-c2cccc(F)c2F)c(-c2cn[nH]c2)c1. The zero-order valence-electron chi connectivity index (χ0n) is 15.9. The molecule has 0 aliphatic heterocycles. The summed E-state index contributed by atoms with van der Waals surface area (Å²) in [7, 11) is 0. The van der Waals surface area contributed by atoms with Crippen molar-refractivity contribution in [3.05, 3.63) is 84.2 Å². The average molecular weight is 390 g/mol. The number of rotatable bonds is 5. The molecule has 0 fully saturated rings. The predicted octanol–water partition coefficient (Wildman–Crippen LogP) is 6.35. The van der Waals surface area contributed by atoms with E-state index in [0.717, 1.165) is 46.7 Å². The minimum atomic E-state index is -0.894. The van der Waals surface area contributed by atoms with Crippen LogP contribution >= 0.6 is 0 Å². The Kier molecular flexibility index (Phi) is 5.12. The highest BCUT2D eigenvalue weighted by Crippen LogP contribution is 2.42. The van der Waals surface area contributed by atoms with Crippen molar-refractivity contribution in [2.45, 2.75) is 19.8 Å². The van der Waals surface area contributed by atoms with Crippen LogP contribution in [0.5, 0.6) is 5.75 Å². The van der Waals surface area contributed by atoms with E-state index in [4.69, 9.17) is 0 Å². The van der Waals surface area contributed by atoms with E-state index in [1.807, 2.05) is 12.1 Å². The van der Waals surface area contributed by atoms with Gasteiger partial charge in [-0.05, 0) is 46.9 Å². The molecule has 1 heterocycles. The molecule has 4 aromatic rings. The first-order valence-corrected chi connectivity index (χ1v) is 9.48. The summed E-state index contributed by atoms with van der Waals surface area (Å²) >= 11 is 0. The molecule has 0 aliphatic rings. The van der Waals surface area contributed by atoms with Gasteiger partial charge in [0.05, 0.1) is 6.20 Å². The Morgan fingerprint density at radius 3 is 2.31 bits per heavy atom. The van der Waals surface area contributed by atoms with E-state index < -0.39 is 11.6 Å². The minimum Gasteiger partial charge on any atom is -0.508 e. The lowest BCUT2D eigenvalue weighted by atomic mass is 9.85. The van der Waals surface area contributed by atoms with Crippen LogP contribution in [-0.4, -0.2) is 15.3 Å². The van der Waals surface area contributed by atoms with E-state index in [2.05, 4.69) is 17.1 Å². The summed E-state index contributed by atoms with van der Waals surface area (Å²) in [6.07, 6.45) is 5.22. The Hall–Kier alpha value is -3.47.